The maximum atomic E-state index is 12.4. The summed E-state index contributed by atoms with van der Waals surface area (Å²) in [6, 6.07) is 18.9. The molecule has 0 heterocycles. The van der Waals surface area contributed by atoms with E-state index in [0.717, 1.165) is 11.3 Å². The molecule has 0 spiro atoms. The van der Waals surface area contributed by atoms with Crippen LogP contribution in [0.5, 0.6) is 0 Å². The number of carbonyl (C=O) groups is 2. The Kier molecular flexibility index (Phi) is 7.21. The zero-order valence-electron chi connectivity index (χ0n) is 14.9. The molecule has 0 saturated heterocycles. The smallest absolute Gasteiger partial charge is 0.407 e. The predicted molar refractivity (Wildman–Crippen MR) is 106 cm³/mol. The normalized spacial score (nSPS) is 10.9. The number of benzene rings is 2. The fourth-order valence-corrected chi connectivity index (χ4v) is 2.86. The van der Waals surface area contributed by atoms with E-state index in [4.69, 9.17) is 4.74 Å². The molecule has 0 aliphatic rings. The van der Waals surface area contributed by atoms with Crippen LogP contribution in [0.2, 0.25) is 0 Å². The first-order valence-electron chi connectivity index (χ1n) is 8.32. The monoisotopic (exact) mass is 418 g/mol. The number of alkyl carbamates (subject to hydrolysis) is 1. The molecule has 0 saturated carbocycles. The number of ether oxygens (including phenoxy) is 1. The molecule has 0 aromatic heterocycles. The fourth-order valence-electron chi connectivity index (χ4n) is 2.61. The molecule has 0 bridgehead atoms. The summed E-state index contributed by atoms with van der Waals surface area (Å²) in [5, 5.41) is 2.95. The Hall–Kier alpha value is -2.34. The van der Waals surface area contributed by atoms with Gasteiger partial charge in [-0.2, -0.15) is 0 Å². The van der Waals surface area contributed by atoms with Crippen LogP contribution in [-0.4, -0.2) is 29.4 Å². The number of para-hydroxylation sites is 1. The van der Waals surface area contributed by atoms with Crippen LogP contribution in [0, 0.1) is 0 Å². The standard InChI is InChI=1S/C20H23BrN2O3/c1-20(2,23(18(24)13-21)17-11-7-4-8-12-17)15-22-19(25)26-14-16-9-5-3-6-10-16/h3-12H,13-15H2,1-2H3,(H,22,25). The Morgan fingerprint density at radius 2 is 1.62 bits per heavy atom. The minimum Gasteiger partial charge on any atom is -0.445 e. The van der Waals surface area contributed by atoms with Crippen LogP contribution in [0.3, 0.4) is 0 Å². The number of hydrogen-bond acceptors (Lipinski definition) is 3. The van der Waals surface area contributed by atoms with Gasteiger partial charge in [0.25, 0.3) is 0 Å². The van der Waals surface area contributed by atoms with Gasteiger partial charge in [0.1, 0.15) is 6.61 Å². The van der Waals surface area contributed by atoms with E-state index < -0.39 is 11.6 Å². The number of rotatable bonds is 7. The summed E-state index contributed by atoms with van der Waals surface area (Å²) in [6.07, 6.45) is -0.513. The third-order valence-corrected chi connectivity index (χ3v) is 4.34. The molecule has 2 amide bonds. The van der Waals surface area contributed by atoms with Gasteiger partial charge in [-0.15, -0.1) is 0 Å². The van der Waals surface area contributed by atoms with E-state index in [2.05, 4.69) is 21.2 Å². The second kappa shape index (κ2) is 9.38. The van der Waals surface area contributed by atoms with Crippen LogP contribution in [0.15, 0.2) is 60.7 Å². The molecule has 1 N–H and O–H groups in total. The lowest BCUT2D eigenvalue weighted by molar-refractivity contribution is -0.117. The number of amides is 2. The zero-order chi connectivity index (χ0) is 19.0. The number of anilines is 1. The second-order valence-corrected chi connectivity index (χ2v) is 6.99. The summed E-state index contributed by atoms with van der Waals surface area (Å²) < 4.78 is 5.23. The van der Waals surface area contributed by atoms with Crippen LogP contribution < -0.4 is 10.2 Å². The number of alkyl halides is 1. The predicted octanol–water partition coefficient (Wildman–Crippen LogP) is 4.12. The molecule has 2 aromatic carbocycles. The number of hydrogen-bond donors (Lipinski definition) is 1. The number of halogens is 1. The van der Waals surface area contributed by atoms with E-state index >= 15 is 0 Å². The van der Waals surface area contributed by atoms with Crippen molar-refractivity contribution in [3.05, 3.63) is 66.2 Å². The van der Waals surface area contributed by atoms with Crippen LogP contribution in [0.4, 0.5) is 10.5 Å². The summed E-state index contributed by atoms with van der Waals surface area (Å²) in [6.45, 7) is 4.26. The van der Waals surface area contributed by atoms with Crippen LogP contribution in [0.1, 0.15) is 19.4 Å². The van der Waals surface area contributed by atoms with Crippen LogP contribution >= 0.6 is 15.9 Å². The summed E-state index contributed by atoms with van der Waals surface area (Å²) in [5.41, 5.74) is 1.07. The molecular formula is C20H23BrN2O3. The SMILES string of the molecule is CC(C)(CNC(=O)OCc1ccccc1)N(C(=O)CBr)c1ccccc1. The average Bonchev–Trinajstić information content (AvgIpc) is 2.66. The Labute approximate surface area is 162 Å². The third kappa shape index (κ3) is 5.59. The van der Waals surface area contributed by atoms with Crippen molar-refractivity contribution >= 4 is 33.6 Å². The van der Waals surface area contributed by atoms with Crippen molar-refractivity contribution in [3.8, 4) is 0 Å². The van der Waals surface area contributed by atoms with Gasteiger partial charge >= 0.3 is 6.09 Å². The van der Waals surface area contributed by atoms with Crippen molar-refractivity contribution in [1.82, 2.24) is 5.32 Å². The van der Waals surface area contributed by atoms with Crippen molar-refractivity contribution in [2.45, 2.75) is 26.0 Å². The molecule has 0 atom stereocenters. The lowest BCUT2D eigenvalue weighted by atomic mass is 10.0. The Bertz CT molecular complexity index is 720. The van der Waals surface area contributed by atoms with Crippen LogP contribution in [0.25, 0.3) is 0 Å². The third-order valence-electron chi connectivity index (χ3n) is 3.86. The van der Waals surface area contributed by atoms with Gasteiger partial charge in [0.15, 0.2) is 0 Å². The average molecular weight is 419 g/mol. The van der Waals surface area contributed by atoms with Crippen molar-refractivity contribution in [2.24, 2.45) is 0 Å². The van der Waals surface area contributed by atoms with E-state index in [0.29, 0.717) is 0 Å². The van der Waals surface area contributed by atoms with Gasteiger partial charge in [0, 0.05) is 12.2 Å². The first-order valence-corrected chi connectivity index (χ1v) is 9.45. The van der Waals surface area contributed by atoms with Crippen molar-refractivity contribution in [1.29, 1.82) is 0 Å². The van der Waals surface area contributed by atoms with Gasteiger partial charge in [-0.1, -0.05) is 64.5 Å². The summed E-state index contributed by atoms with van der Waals surface area (Å²) >= 11 is 3.23. The van der Waals surface area contributed by atoms with Gasteiger partial charge in [-0.3, -0.25) is 4.79 Å². The van der Waals surface area contributed by atoms with Crippen molar-refractivity contribution in [3.63, 3.8) is 0 Å². The highest BCUT2D eigenvalue weighted by atomic mass is 79.9. The quantitative estimate of drug-likeness (QED) is 0.687. The van der Waals surface area contributed by atoms with Crippen molar-refractivity contribution < 1.29 is 14.3 Å². The molecule has 0 fully saturated rings. The minimum atomic E-state index is -0.627. The van der Waals surface area contributed by atoms with Gasteiger partial charge in [0.2, 0.25) is 5.91 Å². The summed E-state index contributed by atoms with van der Waals surface area (Å²) in [5.74, 6) is -0.0827. The largest absolute Gasteiger partial charge is 0.445 e. The molecule has 0 aliphatic heterocycles. The Balaban J connectivity index is 1.98. The van der Waals surface area contributed by atoms with E-state index in [-0.39, 0.29) is 24.4 Å². The lowest BCUT2D eigenvalue weighted by Gasteiger charge is -2.38. The fraction of sp³-hybridized carbons (Fsp3) is 0.300. The Morgan fingerprint density at radius 1 is 1.04 bits per heavy atom. The lowest BCUT2D eigenvalue weighted by Crippen LogP contribution is -2.55. The van der Waals surface area contributed by atoms with Gasteiger partial charge < -0.3 is 15.0 Å². The van der Waals surface area contributed by atoms with Gasteiger partial charge in [-0.05, 0) is 31.5 Å². The molecule has 0 unspecified atom stereocenters. The van der Waals surface area contributed by atoms with Gasteiger partial charge in [0.05, 0.1) is 10.9 Å². The molecule has 2 rings (SSSR count). The van der Waals surface area contributed by atoms with E-state index in [1.165, 1.54) is 0 Å². The first kappa shape index (κ1) is 20.0. The second-order valence-electron chi connectivity index (χ2n) is 6.43. The number of nitrogens with one attached hydrogen (secondary N) is 1. The van der Waals surface area contributed by atoms with Gasteiger partial charge in [-0.25, -0.2) is 4.79 Å². The number of nitrogens with zero attached hydrogens (tertiary/aromatic N) is 1. The van der Waals surface area contributed by atoms with E-state index in [1.54, 1.807) is 4.90 Å². The minimum absolute atomic E-state index is 0.0827. The maximum absolute atomic E-state index is 12.4. The molecule has 138 valence electrons. The van der Waals surface area contributed by atoms with Crippen molar-refractivity contribution in [2.75, 3.05) is 16.8 Å². The molecule has 6 heteroatoms. The zero-order valence-corrected chi connectivity index (χ0v) is 16.5. The van der Waals surface area contributed by atoms with E-state index in [1.807, 2.05) is 74.5 Å². The highest BCUT2D eigenvalue weighted by Crippen LogP contribution is 2.24. The number of carbonyl (C=O) groups excluding carboxylic acids is 2. The molecule has 26 heavy (non-hydrogen) atoms. The molecular weight excluding hydrogens is 396 g/mol. The molecule has 5 nitrogen and oxygen atoms in total. The molecule has 0 radical (unpaired) electrons. The van der Waals surface area contributed by atoms with Crippen LogP contribution in [-0.2, 0) is 16.1 Å². The summed E-state index contributed by atoms with van der Waals surface area (Å²) in [4.78, 5) is 26.1. The first-order chi connectivity index (χ1) is 12.4. The highest BCUT2D eigenvalue weighted by molar-refractivity contribution is 9.09. The maximum Gasteiger partial charge on any atom is 0.407 e. The molecule has 0 aliphatic carbocycles. The molecule has 2 aromatic rings. The topological polar surface area (TPSA) is 58.6 Å². The summed E-state index contributed by atoms with van der Waals surface area (Å²) in [7, 11) is 0. The van der Waals surface area contributed by atoms with E-state index in [9.17, 15) is 9.59 Å². The Morgan fingerprint density at radius 3 is 2.19 bits per heavy atom. The highest BCUT2D eigenvalue weighted by Gasteiger charge is 2.32.